The molecule has 1 aromatic rings. The van der Waals surface area contributed by atoms with Gasteiger partial charge < -0.3 is 10.0 Å². The average molecular weight is 298 g/mol. The van der Waals surface area contributed by atoms with Crippen molar-refractivity contribution in [2.75, 3.05) is 11.4 Å². The first-order chi connectivity index (χ1) is 8.00. The molecule has 2 rings (SSSR count). The molecule has 90 valence electrons. The zero-order valence-electron chi connectivity index (χ0n) is 9.31. The summed E-state index contributed by atoms with van der Waals surface area (Å²) in [6.45, 7) is 1.94. The van der Waals surface area contributed by atoms with Crippen LogP contribution in [0.5, 0.6) is 0 Å². The summed E-state index contributed by atoms with van der Waals surface area (Å²) >= 11 is 3.41. The fourth-order valence-corrected chi connectivity index (χ4v) is 2.82. The first kappa shape index (κ1) is 12.1. The monoisotopic (exact) mass is 297 g/mol. The smallest absolute Gasteiger partial charge is 0.304 e. The minimum absolute atomic E-state index is 0.0488. The third kappa shape index (κ3) is 2.20. The summed E-state index contributed by atoms with van der Waals surface area (Å²) in [6.07, 6.45) is 0.0488. The van der Waals surface area contributed by atoms with Crippen molar-refractivity contribution in [2.24, 2.45) is 0 Å². The van der Waals surface area contributed by atoms with Crippen LogP contribution in [0.4, 0.5) is 5.69 Å². The van der Waals surface area contributed by atoms with E-state index in [1.54, 1.807) is 4.90 Å². The number of anilines is 1. The maximum atomic E-state index is 11.5. The molecular weight excluding hydrogens is 286 g/mol. The highest BCUT2D eigenvalue weighted by Gasteiger charge is 2.33. The van der Waals surface area contributed by atoms with Crippen molar-refractivity contribution >= 4 is 33.5 Å². The van der Waals surface area contributed by atoms with E-state index < -0.39 is 5.97 Å². The maximum absolute atomic E-state index is 11.5. The molecule has 1 aromatic carbocycles. The van der Waals surface area contributed by atoms with Gasteiger partial charge in [-0.25, -0.2) is 0 Å². The second kappa shape index (κ2) is 4.49. The van der Waals surface area contributed by atoms with Crippen LogP contribution < -0.4 is 4.90 Å². The summed E-state index contributed by atoms with van der Waals surface area (Å²) in [6, 6.07) is 5.61. The van der Waals surface area contributed by atoms with E-state index in [2.05, 4.69) is 15.9 Å². The van der Waals surface area contributed by atoms with Crippen molar-refractivity contribution < 1.29 is 14.7 Å². The molecule has 1 unspecified atom stereocenters. The number of benzene rings is 1. The number of para-hydroxylation sites is 1. The number of nitrogens with zero attached hydrogens (tertiary/aromatic N) is 1. The van der Waals surface area contributed by atoms with Gasteiger partial charge in [0.2, 0.25) is 5.91 Å². The Hall–Kier alpha value is -1.36. The van der Waals surface area contributed by atoms with E-state index in [0.29, 0.717) is 6.54 Å². The summed E-state index contributed by atoms with van der Waals surface area (Å²) in [7, 11) is 0. The van der Waals surface area contributed by atoms with E-state index in [-0.39, 0.29) is 18.2 Å². The number of aliphatic carboxylic acids is 1. The van der Waals surface area contributed by atoms with Gasteiger partial charge in [-0.05, 0) is 27.6 Å². The Balaban J connectivity index is 2.44. The molecule has 1 aliphatic rings. The van der Waals surface area contributed by atoms with Crippen LogP contribution in [0.15, 0.2) is 22.7 Å². The van der Waals surface area contributed by atoms with Crippen LogP contribution in [0.1, 0.15) is 24.8 Å². The fraction of sp³-hybridized carbons (Fsp3) is 0.333. The molecule has 0 bridgehead atoms. The van der Waals surface area contributed by atoms with Crippen LogP contribution in [0.25, 0.3) is 0 Å². The van der Waals surface area contributed by atoms with Gasteiger partial charge in [0.1, 0.15) is 0 Å². The summed E-state index contributed by atoms with van der Waals surface area (Å²) in [5.41, 5.74) is 1.74. The number of amides is 1. The van der Waals surface area contributed by atoms with Crippen molar-refractivity contribution in [2.45, 2.75) is 19.3 Å². The lowest BCUT2D eigenvalue weighted by atomic mass is 9.98. The van der Waals surface area contributed by atoms with Gasteiger partial charge in [0.15, 0.2) is 0 Å². The number of halogens is 1. The zero-order valence-corrected chi connectivity index (χ0v) is 10.9. The van der Waals surface area contributed by atoms with E-state index in [0.717, 1.165) is 15.7 Å². The average Bonchev–Trinajstić information content (AvgIpc) is 2.58. The molecule has 17 heavy (non-hydrogen) atoms. The van der Waals surface area contributed by atoms with E-state index in [4.69, 9.17) is 5.11 Å². The first-order valence-electron chi connectivity index (χ1n) is 5.29. The highest BCUT2D eigenvalue weighted by Crippen LogP contribution is 2.42. The Morgan fingerprint density at radius 3 is 2.82 bits per heavy atom. The highest BCUT2D eigenvalue weighted by molar-refractivity contribution is 9.10. The van der Waals surface area contributed by atoms with Gasteiger partial charge in [-0.2, -0.15) is 0 Å². The molecule has 0 fully saturated rings. The molecule has 1 atom stereocenters. The van der Waals surface area contributed by atoms with Gasteiger partial charge in [-0.15, -0.1) is 0 Å². The van der Waals surface area contributed by atoms with Gasteiger partial charge in [-0.3, -0.25) is 9.59 Å². The molecule has 4 nitrogen and oxygen atoms in total. The quantitative estimate of drug-likeness (QED) is 0.912. The predicted octanol–water partition coefficient (Wildman–Crippen LogP) is 2.37. The lowest BCUT2D eigenvalue weighted by Gasteiger charge is -2.16. The van der Waals surface area contributed by atoms with Gasteiger partial charge in [0, 0.05) is 23.9 Å². The number of fused-ring (bicyclic) bond motifs is 1. The largest absolute Gasteiger partial charge is 0.481 e. The molecule has 1 aliphatic heterocycles. The number of hydrogen-bond donors (Lipinski definition) is 1. The summed E-state index contributed by atoms with van der Waals surface area (Å²) in [4.78, 5) is 24.0. The normalized spacial score (nSPS) is 18.0. The van der Waals surface area contributed by atoms with Crippen LogP contribution in [-0.2, 0) is 9.59 Å². The number of carbonyl (C=O) groups excluding carboxylic acids is 1. The molecule has 5 heteroatoms. The molecule has 0 spiro atoms. The van der Waals surface area contributed by atoms with Crippen molar-refractivity contribution in [3.63, 3.8) is 0 Å². The third-order valence-electron chi connectivity index (χ3n) is 2.93. The molecule has 1 heterocycles. The van der Waals surface area contributed by atoms with E-state index >= 15 is 0 Å². The Kier molecular flexibility index (Phi) is 3.19. The van der Waals surface area contributed by atoms with Crippen molar-refractivity contribution in [3.8, 4) is 0 Å². The molecule has 0 aliphatic carbocycles. The maximum Gasteiger partial charge on any atom is 0.304 e. The number of carboxylic acid groups (broad SMARTS) is 1. The topological polar surface area (TPSA) is 57.6 Å². The van der Waals surface area contributed by atoms with Gasteiger partial charge >= 0.3 is 5.97 Å². The lowest BCUT2D eigenvalue weighted by Crippen LogP contribution is -2.27. The number of hydrogen-bond acceptors (Lipinski definition) is 2. The number of rotatable bonds is 2. The molecule has 1 N–H and O–H groups in total. The van der Waals surface area contributed by atoms with Gasteiger partial charge in [-0.1, -0.05) is 12.1 Å². The summed E-state index contributed by atoms with van der Waals surface area (Å²) in [5.74, 6) is -1.03. The molecule has 1 amide bonds. The van der Waals surface area contributed by atoms with Gasteiger partial charge in [0.25, 0.3) is 0 Å². The molecule has 0 saturated carbocycles. The Morgan fingerprint density at radius 1 is 1.53 bits per heavy atom. The highest BCUT2D eigenvalue weighted by atomic mass is 79.9. The second-order valence-electron chi connectivity index (χ2n) is 4.10. The standard InChI is InChI=1S/C12H12BrNO3/c1-7(15)14-6-8(5-11(16)17)9-3-2-4-10(13)12(9)14/h2-4,8H,5-6H2,1H3,(H,16,17). The van der Waals surface area contributed by atoms with Crippen molar-refractivity contribution in [3.05, 3.63) is 28.2 Å². The Morgan fingerprint density at radius 2 is 2.24 bits per heavy atom. The minimum Gasteiger partial charge on any atom is -0.481 e. The lowest BCUT2D eigenvalue weighted by molar-refractivity contribution is -0.137. The second-order valence-corrected chi connectivity index (χ2v) is 4.96. The van der Waals surface area contributed by atoms with Crippen LogP contribution in [0.2, 0.25) is 0 Å². The first-order valence-corrected chi connectivity index (χ1v) is 6.08. The zero-order chi connectivity index (χ0) is 12.6. The van der Waals surface area contributed by atoms with Crippen molar-refractivity contribution in [1.82, 2.24) is 0 Å². The SMILES string of the molecule is CC(=O)N1CC(CC(=O)O)c2cccc(Br)c21. The third-order valence-corrected chi connectivity index (χ3v) is 3.57. The van der Waals surface area contributed by atoms with E-state index in [1.165, 1.54) is 6.92 Å². The molecule has 0 radical (unpaired) electrons. The number of carbonyl (C=O) groups is 2. The Bertz CT molecular complexity index is 487. The summed E-state index contributed by atoms with van der Waals surface area (Å²) in [5, 5.41) is 8.88. The van der Waals surface area contributed by atoms with Crippen LogP contribution in [0.3, 0.4) is 0 Å². The van der Waals surface area contributed by atoms with Crippen LogP contribution in [0, 0.1) is 0 Å². The van der Waals surface area contributed by atoms with Gasteiger partial charge in [0.05, 0.1) is 12.1 Å². The van der Waals surface area contributed by atoms with E-state index in [9.17, 15) is 9.59 Å². The van der Waals surface area contributed by atoms with Crippen LogP contribution in [-0.4, -0.2) is 23.5 Å². The van der Waals surface area contributed by atoms with Crippen molar-refractivity contribution in [1.29, 1.82) is 0 Å². The van der Waals surface area contributed by atoms with E-state index in [1.807, 2.05) is 18.2 Å². The number of carboxylic acids is 1. The summed E-state index contributed by atoms with van der Waals surface area (Å²) < 4.78 is 0.832. The molecular formula is C12H12BrNO3. The fourth-order valence-electron chi connectivity index (χ4n) is 2.23. The Labute approximate surface area is 107 Å². The van der Waals surface area contributed by atoms with Crippen LogP contribution >= 0.6 is 15.9 Å². The molecule has 0 saturated heterocycles. The molecule has 0 aromatic heterocycles. The predicted molar refractivity (Wildman–Crippen MR) is 67.2 cm³/mol. The minimum atomic E-state index is -0.841.